The lowest BCUT2D eigenvalue weighted by atomic mass is 9.79. The predicted molar refractivity (Wildman–Crippen MR) is 116 cm³/mol. The highest BCUT2D eigenvalue weighted by Crippen LogP contribution is 2.41. The summed E-state index contributed by atoms with van der Waals surface area (Å²) in [7, 11) is 3.47. The van der Waals surface area contributed by atoms with Crippen LogP contribution in [-0.4, -0.2) is 43.7 Å². The molecule has 1 fully saturated rings. The fourth-order valence-corrected chi connectivity index (χ4v) is 5.09. The number of benzene rings is 2. The van der Waals surface area contributed by atoms with Crippen molar-refractivity contribution >= 4 is 10.9 Å². The lowest BCUT2D eigenvalue weighted by Gasteiger charge is -2.45. The highest BCUT2D eigenvalue weighted by atomic mass is 16.5. The number of fused-ring (bicyclic) bond motifs is 4. The summed E-state index contributed by atoms with van der Waals surface area (Å²) in [5, 5.41) is 5.19. The molecule has 0 bridgehead atoms. The summed E-state index contributed by atoms with van der Waals surface area (Å²) in [6, 6.07) is 14.8. The summed E-state index contributed by atoms with van der Waals surface area (Å²) in [6.45, 7) is 4.18. The maximum absolute atomic E-state index is 5.46. The number of hydrogen-bond acceptors (Lipinski definition) is 4. The van der Waals surface area contributed by atoms with Crippen molar-refractivity contribution in [2.75, 3.05) is 33.9 Å². The summed E-state index contributed by atoms with van der Waals surface area (Å²) in [4.78, 5) is 6.31. The summed E-state index contributed by atoms with van der Waals surface area (Å²) in [5.74, 6) is 1.86. The van der Waals surface area contributed by atoms with Crippen molar-refractivity contribution in [2.45, 2.75) is 31.3 Å². The Hall–Kier alpha value is -2.50. The fraction of sp³-hybridized carbons (Fsp3) is 0.417. The van der Waals surface area contributed by atoms with Crippen molar-refractivity contribution < 1.29 is 9.47 Å². The highest BCUT2D eigenvalue weighted by Gasteiger charge is 2.41. The van der Waals surface area contributed by atoms with Gasteiger partial charge in [0.2, 0.25) is 0 Å². The van der Waals surface area contributed by atoms with Crippen LogP contribution in [0.1, 0.15) is 29.7 Å². The number of ether oxygens (including phenoxy) is 2. The third kappa shape index (κ3) is 3.28. The number of hydrogen-bond donors (Lipinski definition) is 2. The van der Waals surface area contributed by atoms with Crippen LogP contribution >= 0.6 is 0 Å². The maximum atomic E-state index is 5.46. The van der Waals surface area contributed by atoms with Crippen molar-refractivity contribution in [3.05, 3.63) is 59.3 Å². The van der Waals surface area contributed by atoms with Gasteiger partial charge in [-0.1, -0.05) is 12.1 Å². The van der Waals surface area contributed by atoms with Gasteiger partial charge in [0.1, 0.15) is 11.5 Å². The molecule has 5 nitrogen and oxygen atoms in total. The molecule has 2 N–H and O–H groups in total. The van der Waals surface area contributed by atoms with E-state index in [1.54, 1.807) is 14.2 Å². The second-order valence-electron chi connectivity index (χ2n) is 8.28. The number of methoxy groups -OCH3 is 2. The quantitative estimate of drug-likeness (QED) is 0.710. The normalized spacial score (nSPS) is 18.7. The zero-order chi connectivity index (χ0) is 19.8. The Morgan fingerprint density at radius 1 is 1.00 bits per heavy atom. The first-order valence-electron chi connectivity index (χ1n) is 10.5. The zero-order valence-electron chi connectivity index (χ0n) is 17.3. The van der Waals surface area contributed by atoms with Crippen LogP contribution in [0.3, 0.4) is 0 Å². The third-order valence-corrected chi connectivity index (χ3v) is 6.68. The Kier molecular flexibility index (Phi) is 4.72. The Morgan fingerprint density at radius 3 is 2.59 bits per heavy atom. The first-order chi connectivity index (χ1) is 14.2. The van der Waals surface area contributed by atoms with Gasteiger partial charge in [0, 0.05) is 42.8 Å². The number of nitrogens with zero attached hydrogens (tertiary/aromatic N) is 1. The van der Waals surface area contributed by atoms with Gasteiger partial charge in [-0.3, -0.25) is 4.90 Å². The molecule has 2 aromatic carbocycles. The van der Waals surface area contributed by atoms with Crippen LogP contribution in [0.5, 0.6) is 11.5 Å². The minimum Gasteiger partial charge on any atom is -0.497 e. The molecule has 1 spiro atoms. The van der Waals surface area contributed by atoms with Crippen molar-refractivity contribution in [2.24, 2.45) is 0 Å². The van der Waals surface area contributed by atoms with Crippen LogP contribution in [0.2, 0.25) is 0 Å². The van der Waals surface area contributed by atoms with Crippen LogP contribution in [0.25, 0.3) is 10.9 Å². The van der Waals surface area contributed by atoms with Gasteiger partial charge in [0.15, 0.2) is 0 Å². The van der Waals surface area contributed by atoms with Crippen molar-refractivity contribution in [3.8, 4) is 11.5 Å². The Morgan fingerprint density at radius 2 is 1.79 bits per heavy atom. The molecular formula is C24H29N3O2. The molecule has 0 amide bonds. The SMILES string of the molecule is COc1cccc(CN2CCC3(CC2)NCCc2c3[nH]c3ccc(OC)cc23)c1. The Bertz CT molecular complexity index is 1020. The number of H-pyrrole nitrogens is 1. The van der Waals surface area contributed by atoms with Crippen LogP contribution < -0.4 is 14.8 Å². The lowest BCUT2D eigenvalue weighted by molar-refractivity contribution is 0.121. The molecule has 1 saturated heterocycles. The number of aromatic amines is 1. The van der Waals surface area contributed by atoms with E-state index >= 15 is 0 Å². The van der Waals surface area contributed by atoms with Crippen molar-refractivity contribution in [3.63, 3.8) is 0 Å². The molecule has 2 aliphatic heterocycles. The Labute approximate surface area is 172 Å². The third-order valence-electron chi connectivity index (χ3n) is 6.68. The average Bonchev–Trinajstić information content (AvgIpc) is 3.15. The summed E-state index contributed by atoms with van der Waals surface area (Å²) >= 11 is 0. The maximum Gasteiger partial charge on any atom is 0.119 e. The number of piperidine rings is 1. The van der Waals surface area contributed by atoms with E-state index in [0.717, 1.165) is 56.9 Å². The Balaban J connectivity index is 1.37. The molecule has 0 saturated carbocycles. The van der Waals surface area contributed by atoms with E-state index in [0.29, 0.717) is 0 Å². The monoisotopic (exact) mass is 391 g/mol. The van der Waals surface area contributed by atoms with Crippen LogP contribution in [0, 0.1) is 0 Å². The van der Waals surface area contributed by atoms with E-state index in [2.05, 4.69) is 45.5 Å². The second-order valence-corrected chi connectivity index (χ2v) is 8.28. The minimum atomic E-state index is 0.0602. The van der Waals surface area contributed by atoms with E-state index in [1.165, 1.54) is 27.7 Å². The molecule has 152 valence electrons. The molecule has 0 unspecified atom stereocenters. The van der Waals surface area contributed by atoms with Crippen LogP contribution in [-0.2, 0) is 18.5 Å². The molecule has 1 aromatic heterocycles. The molecule has 0 atom stereocenters. The number of likely N-dealkylation sites (tertiary alicyclic amines) is 1. The number of rotatable bonds is 4. The minimum absolute atomic E-state index is 0.0602. The van der Waals surface area contributed by atoms with Gasteiger partial charge >= 0.3 is 0 Å². The van der Waals surface area contributed by atoms with Crippen LogP contribution in [0.15, 0.2) is 42.5 Å². The largest absolute Gasteiger partial charge is 0.497 e. The van der Waals surface area contributed by atoms with Gasteiger partial charge in [-0.05, 0) is 60.7 Å². The predicted octanol–water partition coefficient (Wildman–Crippen LogP) is 3.82. The molecule has 5 rings (SSSR count). The van der Waals surface area contributed by atoms with Gasteiger partial charge in [0.25, 0.3) is 0 Å². The zero-order valence-corrected chi connectivity index (χ0v) is 17.3. The van der Waals surface area contributed by atoms with Crippen LogP contribution in [0.4, 0.5) is 0 Å². The van der Waals surface area contributed by atoms with E-state index in [4.69, 9.17) is 9.47 Å². The van der Waals surface area contributed by atoms with E-state index in [1.807, 2.05) is 12.1 Å². The summed E-state index contributed by atoms with van der Waals surface area (Å²) in [5.41, 5.74) is 5.46. The average molecular weight is 392 g/mol. The molecule has 5 heteroatoms. The van der Waals surface area contributed by atoms with E-state index < -0.39 is 0 Å². The van der Waals surface area contributed by atoms with Gasteiger partial charge in [-0.2, -0.15) is 0 Å². The molecule has 2 aliphatic rings. The molecule has 0 aliphatic carbocycles. The molecular weight excluding hydrogens is 362 g/mol. The first kappa shape index (κ1) is 18.5. The summed E-state index contributed by atoms with van der Waals surface area (Å²) in [6.07, 6.45) is 3.31. The molecule has 3 aromatic rings. The first-order valence-corrected chi connectivity index (χ1v) is 10.5. The highest BCUT2D eigenvalue weighted by molar-refractivity contribution is 5.86. The van der Waals surface area contributed by atoms with E-state index in [9.17, 15) is 0 Å². The van der Waals surface area contributed by atoms with Gasteiger partial charge in [-0.25, -0.2) is 0 Å². The van der Waals surface area contributed by atoms with Gasteiger partial charge in [0.05, 0.1) is 19.8 Å². The fourth-order valence-electron chi connectivity index (χ4n) is 5.09. The molecule has 0 radical (unpaired) electrons. The molecule has 3 heterocycles. The smallest absolute Gasteiger partial charge is 0.119 e. The van der Waals surface area contributed by atoms with Crippen molar-refractivity contribution in [1.82, 2.24) is 15.2 Å². The number of aromatic nitrogens is 1. The van der Waals surface area contributed by atoms with E-state index in [-0.39, 0.29) is 5.54 Å². The van der Waals surface area contributed by atoms with Gasteiger partial charge < -0.3 is 19.8 Å². The van der Waals surface area contributed by atoms with Gasteiger partial charge in [-0.15, -0.1) is 0 Å². The number of nitrogens with one attached hydrogen (secondary N) is 2. The lowest BCUT2D eigenvalue weighted by Crippen LogP contribution is -2.54. The topological polar surface area (TPSA) is 49.5 Å². The summed E-state index contributed by atoms with van der Waals surface area (Å²) < 4.78 is 10.8. The standard InChI is InChI=1S/C24H29N3O2/c1-28-18-5-3-4-17(14-18)16-27-12-9-24(10-13-27)23-20(8-11-25-24)21-15-19(29-2)6-7-22(21)26-23/h3-7,14-15,25-26H,8-13,16H2,1-2H3. The molecule has 29 heavy (non-hydrogen) atoms. The second kappa shape index (κ2) is 7.39. The van der Waals surface area contributed by atoms with Crippen molar-refractivity contribution in [1.29, 1.82) is 0 Å².